The molecule has 0 aliphatic rings. The van der Waals surface area contributed by atoms with Gasteiger partial charge < -0.3 is 5.11 Å². The Morgan fingerprint density at radius 2 is 2.06 bits per heavy atom. The molecule has 0 aliphatic carbocycles. The molecule has 1 N–H and O–H groups in total. The summed E-state index contributed by atoms with van der Waals surface area (Å²) in [5.74, 6) is -1.44. The Balaban J connectivity index is 3.29. The van der Waals surface area contributed by atoms with Crippen LogP contribution in [-0.4, -0.2) is 17.0 Å². The molecule has 0 fully saturated rings. The summed E-state index contributed by atoms with van der Waals surface area (Å²) in [4.78, 5) is 10.7. The molecule has 2 nitrogen and oxygen atoms in total. The Morgan fingerprint density at radius 3 is 2.53 bits per heavy atom. The minimum Gasteiger partial charge on any atom is -0.478 e. The Morgan fingerprint density at radius 1 is 1.41 bits per heavy atom. The number of hydrogen-bond acceptors (Lipinski definition) is 1. The third-order valence-corrected chi connectivity index (χ3v) is 2.16. The summed E-state index contributed by atoms with van der Waals surface area (Å²) in [5.41, 5.74) is -1.68. The van der Waals surface area contributed by atoms with Gasteiger partial charge in [-0.1, -0.05) is 18.2 Å². The van der Waals surface area contributed by atoms with Crippen molar-refractivity contribution in [3.63, 3.8) is 0 Å². The first-order valence-corrected chi connectivity index (χ1v) is 5.06. The molecule has 0 saturated heterocycles. The second-order valence-electron chi connectivity index (χ2n) is 3.16. The van der Waals surface area contributed by atoms with Crippen molar-refractivity contribution in [3.8, 4) is 0 Å². The predicted octanol–water partition coefficient (Wildman–Crippen LogP) is 3.66. The van der Waals surface area contributed by atoms with Crippen molar-refractivity contribution < 1.29 is 23.1 Å². The number of alkyl halides is 4. The second-order valence-corrected chi connectivity index (χ2v) is 3.47. The fraction of sp³-hybridized carbons (Fsp3) is 0.182. The quantitative estimate of drug-likeness (QED) is 0.846. The molecule has 0 saturated carbocycles. The third kappa shape index (κ3) is 3.49. The van der Waals surface area contributed by atoms with Gasteiger partial charge in [-0.2, -0.15) is 13.2 Å². The second kappa shape index (κ2) is 5.23. The molecule has 1 rings (SSSR count). The molecule has 0 bridgehead atoms. The van der Waals surface area contributed by atoms with Crippen LogP contribution in [-0.2, 0) is 6.18 Å². The lowest BCUT2D eigenvalue weighted by Crippen LogP contribution is -2.13. The lowest BCUT2D eigenvalue weighted by Gasteiger charge is -2.10. The van der Waals surface area contributed by atoms with Gasteiger partial charge in [-0.05, 0) is 17.7 Å². The highest BCUT2D eigenvalue weighted by Crippen LogP contribution is 2.33. The molecule has 1 aromatic carbocycles. The van der Waals surface area contributed by atoms with Gasteiger partial charge in [0, 0.05) is 5.88 Å². The molecule has 0 spiro atoms. The first-order chi connectivity index (χ1) is 7.86. The molecule has 1 aromatic rings. The molecule has 0 unspecified atom stereocenters. The van der Waals surface area contributed by atoms with Crippen LogP contribution in [0.1, 0.15) is 21.5 Å². The molecule has 0 radical (unpaired) electrons. The Hall–Kier alpha value is -1.49. The number of carboxylic acids is 1. The van der Waals surface area contributed by atoms with E-state index >= 15 is 0 Å². The number of hydrogen-bond donors (Lipinski definition) is 1. The normalized spacial score (nSPS) is 12.0. The SMILES string of the molecule is O=C(O)c1ccc(C=CCCl)cc1C(F)(F)F. The number of carboxylic acid groups (broad SMARTS) is 1. The standard InChI is InChI=1S/C11H8ClF3O2/c12-5-1-2-7-3-4-8(10(16)17)9(6-7)11(13,14)15/h1-4,6H,5H2,(H,16,17). The summed E-state index contributed by atoms with van der Waals surface area (Å²) in [7, 11) is 0. The zero-order valence-corrected chi connectivity index (χ0v) is 9.22. The van der Waals surface area contributed by atoms with Crippen LogP contribution in [0, 0.1) is 0 Å². The Kier molecular flexibility index (Phi) is 4.17. The molecule has 0 aromatic heterocycles. The van der Waals surface area contributed by atoms with E-state index < -0.39 is 23.3 Å². The molecule has 0 atom stereocenters. The molecular formula is C11H8ClF3O2. The summed E-state index contributed by atoms with van der Waals surface area (Å²) >= 11 is 5.36. The van der Waals surface area contributed by atoms with Gasteiger partial charge >= 0.3 is 12.1 Å². The van der Waals surface area contributed by atoms with Crippen LogP contribution < -0.4 is 0 Å². The number of allylic oxidation sites excluding steroid dienone is 1. The summed E-state index contributed by atoms with van der Waals surface area (Å²) in [6, 6.07) is 3.01. The van der Waals surface area contributed by atoms with Crippen molar-refractivity contribution in [2.45, 2.75) is 6.18 Å². The summed E-state index contributed by atoms with van der Waals surface area (Å²) in [6.45, 7) is 0. The number of benzene rings is 1. The van der Waals surface area contributed by atoms with Gasteiger partial charge in [0.2, 0.25) is 0 Å². The molecule has 92 valence electrons. The van der Waals surface area contributed by atoms with Crippen LogP contribution in [0.2, 0.25) is 0 Å². The van der Waals surface area contributed by atoms with E-state index in [1.165, 1.54) is 18.2 Å². The van der Waals surface area contributed by atoms with Crippen molar-refractivity contribution in [1.29, 1.82) is 0 Å². The first kappa shape index (κ1) is 13.6. The molecule has 17 heavy (non-hydrogen) atoms. The smallest absolute Gasteiger partial charge is 0.417 e. The van der Waals surface area contributed by atoms with Crippen molar-refractivity contribution in [2.24, 2.45) is 0 Å². The Bertz CT molecular complexity index is 453. The fourth-order valence-electron chi connectivity index (χ4n) is 1.27. The number of halogens is 4. The van der Waals surface area contributed by atoms with Gasteiger partial charge in [-0.15, -0.1) is 11.6 Å². The molecule has 0 heterocycles. The number of carbonyl (C=O) groups is 1. The molecular weight excluding hydrogens is 257 g/mol. The van der Waals surface area contributed by atoms with Gasteiger partial charge in [0.05, 0.1) is 11.1 Å². The minimum absolute atomic E-state index is 0.169. The van der Waals surface area contributed by atoms with E-state index in [9.17, 15) is 18.0 Å². The van der Waals surface area contributed by atoms with Crippen molar-refractivity contribution in [2.75, 3.05) is 5.88 Å². The van der Waals surface area contributed by atoms with Gasteiger partial charge in [-0.3, -0.25) is 0 Å². The highest BCUT2D eigenvalue weighted by molar-refractivity contribution is 6.19. The maximum absolute atomic E-state index is 12.6. The van der Waals surface area contributed by atoms with E-state index in [0.717, 1.165) is 12.1 Å². The highest BCUT2D eigenvalue weighted by atomic mass is 35.5. The van der Waals surface area contributed by atoms with Gasteiger partial charge in [0.1, 0.15) is 0 Å². The van der Waals surface area contributed by atoms with E-state index in [-0.39, 0.29) is 11.4 Å². The van der Waals surface area contributed by atoms with Crippen LogP contribution in [0.3, 0.4) is 0 Å². The lowest BCUT2D eigenvalue weighted by molar-refractivity contribution is -0.138. The molecule has 0 aliphatic heterocycles. The summed E-state index contributed by atoms with van der Waals surface area (Å²) in [5, 5.41) is 8.66. The average molecular weight is 265 g/mol. The van der Waals surface area contributed by atoms with Crippen LogP contribution in [0.15, 0.2) is 24.3 Å². The van der Waals surface area contributed by atoms with Crippen molar-refractivity contribution in [1.82, 2.24) is 0 Å². The largest absolute Gasteiger partial charge is 0.478 e. The van der Waals surface area contributed by atoms with Crippen LogP contribution in [0.5, 0.6) is 0 Å². The average Bonchev–Trinajstić information content (AvgIpc) is 2.24. The minimum atomic E-state index is -4.70. The monoisotopic (exact) mass is 264 g/mol. The topological polar surface area (TPSA) is 37.3 Å². The van der Waals surface area contributed by atoms with Crippen molar-refractivity contribution in [3.05, 3.63) is 41.0 Å². The van der Waals surface area contributed by atoms with E-state index in [1.807, 2.05) is 0 Å². The van der Waals surface area contributed by atoms with E-state index in [0.29, 0.717) is 0 Å². The maximum Gasteiger partial charge on any atom is 0.417 e. The first-order valence-electron chi connectivity index (χ1n) is 4.53. The van der Waals surface area contributed by atoms with Gasteiger partial charge in [-0.25, -0.2) is 4.79 Å². The number of rotatable bonds is 3. The zero-order chi connectivity index (χ0) is 13.1. The Labute approximate surface area is 100 Å². The molecule has 6 heteroatoms. The third-order valence-electron chi connectivity index (χ3n) is 1.98. The highest BCUT2D eigenvalue weighted by Gasteiger charge is 2.35. The van der Waals surface area contributed by atoms with Crippen molar-refractivity contribution >= 4 is 23.6 Å². The van der Waals surface area contributed by atoms with E-state index in [1.54, 1.807) is 0 Å². The maximum atomic E-state index is 12.6. The van der Waals surface area contributed by atoms with Crippen LogP contribution in [0.25, 0.3) is 6.08 Å². The van der Waals surface area contributed by atoms with Crippen LogP contribution >= 0.6 is 11.6 Å². The fourth-order valence-corrected chi connectivity index (χ4v) is 1.36. The van der Waals surface area contributed by atoms with E-state index in [2.05, 4.69) is 0 Å². The summed E-state index contributed by atoms with van der Waals surface area (Å²) < 4.78 is 37.8. The molecule has 0 amide bonds. The van der Waals surface area contributed by atoms with Gasteiger partial charge in [0.15, 0.2) is 0 Å². The lowest BCUT2D eigenvalue weighted by atomic mass is 10.0. The van der Waals surface area contributed by atoms with Gasteiger partial charge in [0.25, 0.3) is 0 Å². The zero-order valence-electron chi connectivity index (χ0n) is 8.46. The predicted molar refractivity (Wildman–Crippen MR) is 58.2 cm³/mol. The van der Waals surface area contributed by atoms with Crippen LogP contribution in [0.4, 0.5) is 13.2 Å². The number of aromatic carboxylic acids is 1. The summed E-state index contributed by atoms with van der Waals surface area (Å²) in [6.07, 6.45) is -1.83. The van der Waals surface area contributed by atoms with E-state index in [4.69, 9.17) is 16.7 Å².